The number of esters is 1. The third-order valence-electron chi connectivity index (χ3n) is 2.22. The van der Waals surface area contributed by atoms with E-state index in [9.17, 15) is 9.18 Å². The van der Waals surface area contributed by atoms with Gasteiger partial charge in [0.2, 0.25) is 5.82 Å². The molecule has 17 heavy (non-hydrogen) atoms. The minimum Gasteiger partial charge on any atom is -0.505 e. The second kappa shape index (κ2) is 4.25. The minimum absolute atomic E-state index is 0.0394. The number of rotatable bonds is 2. The molecule has 0 atom stereocenters. The molecular formula is C11H9FN2O3. The molecule has 5 nitrogen and oxygen atoms in total. The maximum Gasteiger partial charge on any atom is 0.374 e. The van der Waals surface area contributed by atoms with Crippen LogP contribution < -0.4 is 0 Å². The van der Waals surface area contributed by atoms with Gasteiger partial charge in [-0.3, -0.25) is 4.57 Å². The summed E-state index contributed by atoms with van der Waals surface area (Å²) in [6, 6.07) is 3.77. The lowest BCUT2D eigenvalue weighted by molar-refractivity contribution is 0.0584. The van der Waals surface area contributed by atoms with Gasteiger partial charge in [-0.25, -0.2) is 14.2 Å². The number of phenols is 1. The number of nitrogens with zero attached hydrogens (tertiary/aromatic N) is 2. The van der Waals surface area contributed by atoms with Crippen LogP contribution in [0.5, 0.6) is 5.75 Å². The van der Waals surface area contributed by atoms with Crippen molar-refractivity contribution in [2.24, 2.45) is 0 Å². The number of hydrogen-bond donors (Lipinski definition) is 1. The number of phenolic OH excluding ortho intramolecular Hbond substituents is 1. The fourth-order valence-electron chi connectivity index (χ4n) is 1.40. The molecular weight excluding hydrogens is 227 g/mol. The zero-order valence-electron chi connectivity index (χ0n) is 8.92. The number of aromatic hydroxyl groups is 1. The molecule has 1 N–H and O–H groups in total. The summed E-state index contributed by atoms with van der Waals surface area (Å²) in [6.45, 7) is 0. The van der Waals surface area contributed by atoms with E-state index in [0.29, 0.717) is 5.69 Å². The third-order valence-corrected chi connectivity index (χ3v) is 2.22. The lowest BCUT2D eigenvalue weighted by Crippen LogP contribution is -2.10. The molecule has 0 radical (unpaired) electrons. The highest BCUT2D eigenvalue weighted by molar-refractivity contribution is 5.86. The van der Waals surface area contributed by atoms with Gasteiger partial charge in [-0.2, -0.15) is 0 Å². The molecule has 1 aromatic carbocycles. The number of ether oxygens (including phenoxy) is 1. The molecule has 0 bridgehead atoms. The summed E-state index contributed by atoms with van der Waals surface area (Å²) < 4.78 is 19.1. The highest BCUT2D eigenvalue weighted by Crippen LogP contribution is 2.19. The summed E-state index contributed by atoms with van der Waals surface area (Å²) in [5.74, 6) is -1.80. The largest absolute Gasteiger partial charge is 0.505 e. The number of halogens is 1. The summed E-state index contributed by atoms with van der Waals surface area (Å²) in [7, 11) is 1.23. The van der Waals surface area contributed by atoms with Crippen molar-refractivity contribution in [2.75, 3.05) is 7.11 Å². The molecule has 0 unspecified atom stereocenters. The Morgan fingerprint density at radius 3 is 2.94 bits per heavy atom. The van der Waals surface area contributed by atoms with Crippen LogP contribution >= 0.6 is 0 Å². The van der Waals surface area contributed by atoms with Crippen molar-refractivity contribution in [1.29, 1.82) is 0 Å². The Hall–Kier alpha value is -2.37. The van der Waals surface area contributed by atoms with E-state index in [1.165, 1.54) is 36.2 Å². The van der Waals surface area contributed by atoms with Gasteiger partial charge in [-0.05, 0) is 12.1 Å². The van der Waals surface area contributed by atoms with Crippen LogP contribution in [0.4, 0.5) is 4.39 Å². The summed E-state index contributed by atoms with van der Waals surface area (Å²) in [5.41, 5.74) is 0.373. The molecule has 0 amide bonds. The van der Waals surface area contributed by atoms with Crippen LogP contribution in [0, 0.1) is 5.82 Å². The highest BCUT2D eigenvalue weighted by atomic mass is 19.1. The highest BCUT2D eigenvalue weighted by Gasteiger charge is 2.14. The van der Waals surface area contributed by atoms with Crippen LogP contribution in [0.1, 0.15) is 10.6 Å². The van der Waals surface area contributed by atoms with E-state index >= 15 is 0 Å². The number of imidazole rings is 1. The Kier molecular flexibility index (Phi) is 2.78. The normalized spacial score (nSPS) is 10.2. The molecule has 1 heterocycles. The fourth-order valence-corrected chi connectivity index (χ4v) is 1.40. The van der Waals surface area contributed by atoms with E-state index in [-0.39, 0.29) is 5.82 Å². The lowest BCUT2D eigenvalue weighted by atomic mass is 10.3. The first kappa shape index (κ1) is 11.1. The number of benzene rings is 1. The quantitative estimate of drug-likeness (QED) is 0.802. The van der Waals surface area contributed by atoms with Gasteiger partial charge in [0.05, 0.1) is 12.8 Å². The smallest absolute Gasteiger partial charge is 0.374 e. The number of carbonyl (C=O) groups excluding carboxylic acids is 1. The SMILES string of the molecule is COC(=O)c1nccn1-c1ccc(O)c(F)c1. The standard InChI is InChI=1S/C11H9FN2O3/c1-17-11(16)10-13-4-5-14(10)7-2-3-9(15)8(12)6-7/h2-6,15H,1H3. The lowest BCUT2D eigenvalue weighted by Gasteiger charge is -2.06. The van der Waals surface area contributed by atoms with Crippen LogP contribution in [0.25, 0.3) is 5.69 Å². The summed E-state index contributed by atoms with van der Waals surface area (Å²) in [5, 5.41) is 9.07. The predicted molar refractivity (Wildman–Crippen MR) is 56.5 cm³/mol. The van der Waals surface area contributed by atoms with Crippen molar-refractivity contribution in [3.8, 4) is 11.4 Å². The average molecular weight is 236 g/mol. The van der Waals surface area contributed by atoms with Gasteiger partial charge in [0.1, 0.15) is 0 Å². The van der Waals surface area contributed by atoms with E-state index in [1.807, 2.05) is 0 Å². The van der Waals surface area contributed by atoms with Crippen LogP contribution in [0.15, 0.2) is 30.6 Å². The monoisotopic (exact) mass is 236 g/mol. The van der Waals surface area contributed by atoms with Crippen molar-refractivity contribution in [3.05, 3.63) is 42.2 Å². The molecule has 0 aliphatic heterocycles. The number of hydrogen-bond acceptors (Lipinski definition) is 4. The van der Waals surface area contributed by atoms with Crippen molar-refractivity contribution in [1.82, 2.24) is 9.55 Å². The first-order valence-corrected chi connectivity index (χ1v) is 4.74. The molecule has 0 aliphatic rings. The number of methoxy groups -OCH3 is 1. The zero-order chi connectivity index (χ0) is 12.4. The van der Waals surface area contributed by atoms with Gasteiger partial charge >= 0.3 is 5.97 Å². The van der Waals surface area contributed by atoms with Gasteiger partial charge in [-0.15, -0.1) is 0 Å². The molecule has 0 aliphatic carbocycles. The van der Waals surface area contributed by atoms with E-state index in [0.717, 1.165) is 6.07 Å². The first-order chi connectivity index (χ1) is 8.13. The second-order valence-electron chi connectivity index (χ2n) is 3.25. The summed E-state index contributed by atoms with van der Waals surface area (Å²) in [4.78, 5) is 15.2. The van der Waals surface area contributed by atoms with Gasteiger partial charge in [0.15, 0.2) is 11.6 Å². The van der Waals surface area contributed by atoms with E-state index in [4.69, 9.17) is 5.11 Å². The maximum absolute atomic E-state index is 13.2. The maximum atomic E-state index is 13.2. The van der Waals surface area contributed by atoms with Gasteiger partial charge < -0.3 is 9.84 Å². The predicted octanol–water partition coefficient (Wildman–Crippen LogP) is 1.50. The number of aromatic nitrogens is 2. The van der Waals surface area contributed by atoms with Gasteiger partial charge in [-0.1, -0.05) is 0 Å². The van der Waals surface area contributed by atoms with Gasteiger partial charge in [0, 0.05) is 18.5 Å². The molecule has 2 rings (SSSR count). The Morgan fingerprint density at radius 1 is 1.53 bits per heavy atom. The third kappa shape index (κ3) is 1.96. The Balaban J connectivity index is 2.50. The molecule has 1 aromatic heterocycles. The minimum atomic E-state index is -0.771. The zero-order valence-corrected chi connectivity index (χ0v) is 8.92. The van der Waals surface area contributed by atoms with Crippen LogP contribution in [-0.4, -0.2) is 27.7 Å². The fraction of sp³-hybridized carbons (Fsp3) is 0.0909. The number of carbonyl (C=O) groups is 1. The first-order valence-electron chi connectivity index (χ1n) is 4.74. The molecule has 0 fully saturated rings. The van der Waals surface area contributed by atoms with Crippen molar-refractivity contribution in [3.63, 3.8) is 0 Å². The molecule has 2 aromatic rings. The Labute approximate surface area is 96.1 Å². The Bertz CT molecular complexity index is 566. The van der Waals surface area contributed by atoms with E-state index in [2.05, 4.69) is 9.72 Å². The van der Waals surface area contributed by atoms with E-state index in [1.54, 1.807) is 0 Å². The Morgan fingerprint density at radius 2 is 2.29 bits per heavy atom. The molecule has 0 saturated heterocycles. The van der Waals surface area contributed by atoms with Crippen LogP contribution in [0.3, 0.4) is 0 Å². The van der Waals surface area contributed by atoms with Crippen molar-refractivity contribution >= 4 is 5.97 Å². The second-order valence-corrected chi connectivity index (χ2v) is 3.25. The van der Waals surface area contributed by atoms with E-state index < -0.39 is 17.5 Å². The molecule has 88 valence electrons. The van der Waals surface area contributed by atoms with Crippen LogP contribution in [-0.2, 0) is 4.74 Å². The molecule has 0 saturated carbocycles. The summed E-state index contributed by atoms with van der Waals surface area (Å²) >= 11 is 0. The van der Waals surface area contributed by atoms with Crippen molar-refractivity contribution < 1.29 is 19.0 Å². The topological polar surface area (TPSA) is 64.3 Å². The molecule has 0 spiro atoms. The molecule has 6 heteroatoms. The average Bonchev–Trinajstić information content (AvgIpc) is 2.80. The van der Waals surface area contributed by atoms with Crippen LogP contribution in [0.2, 0.25) is 0 Å². The van der Waals surface area contributed by atoms with Gasteiger partial charge in [0.25, 0.3) is 0 Å². The van der Waals surface area contributed by atoms with Crippen molar-refractivity contribution in [2.45, 2.75) is 0 Å². The summed E-state index contributed by atoms with van der Waals surface area (Å²) in [6.07, 6.45) is 2.90.